The first-order valence-corrected chi connectivity index (χ1v) is 6.75. The van der Waals surface area contributed by atoms with Crippen molar-refractivity contribution in [2.75, 3.05) is 25.2 Å². The highest BCUT2D eigenvalue weighted by molar-refractivity contribution is 7.99. The Labute approximate surface area is 95.2 Å². The van der Waals surface area contributed by atoms with E-state index in [0.29, 0.717) is 0 Å². The minimum Gasteiger partial charge on any atom is -0.396 e. The Balaban J connectivity index is 2.06. The van der Waals surface area contributed by atoms with E-state index in [1.165, 1.54) is 0 Å². The van der Waals surface area contributed by atoms with Crippen LogP contribution in [0.3, 0.4) is 0 Å². The average Bonchev–Trinajstić information content (AvgIpc) is 2.18. The van der Waals surface area contributed by atoms with Crippen molar-refractivity contribution >= 4 is 11.8 Å². The number of thioether (sulfide) groups is 1. The van der Waals surface area contributed by atoms with Crippen molar-refractivity contribution in [3.05, 3.63) is 0 Å². The Kier molecular flexibility index (Phi) is 3.31. The first kappa shape index (κ1) is 11.7. The van der Waals surface area contributed by atoms with E-state index in [-0.39, 0.29) is 18.1 Å². The lowest BCUT2D eigenvalue weighted by Crippen LogP contribution is -2.61. The smallest absolute Gasteiger partial charge is 0.0743 e. The highest BCUT2D eigenvalue weighted by Gasteiger charge is 2.57. The van der Waals surface area contributed by atoms with Gasteiger partial charge in [0, 0.05) is 12.5 Å². The van der Waals surface area contributed by atoms with Crippen LogP contribution >= 0.6 is 11.8 Å². The molecule has 0 spiro atoms. The second-order valence-corrected chi connectivity index (χ2v) is 6.07. The summed E-state index contributed by atoms with van der Waals surface area (Å²) in [4.78, 5) is 0. The molecule has 0 amide bonds. The summed E-state index contributed by atoms with van der Waals surface area (Å²) in [6.07, 6.45) is 3.47. The van der Waals surface area contributed by atoms with Crippen molar-refractivity contribution in [2.24, 2.45) is 5.41 Å². The summed E-state index contributed by atoms with van der Waals surface area (Å²) in [5.74, 6) is 2.02. The van der Waals surface area contributed by atoms with Crippen molar-refractivity contribution in [2.45, 2.75) is 37.4 Å². The summed E-state index contributed by atoms with van der Waals surface area (Å²) >= 11 is 1.89. The predicted molar refractivity (Wildman–Crippen MR) is 61.1 cm³/mol. The van der Waals surface area contributed by atoms with E-state index in [2.05, 4.69) is 0 Å². The number of aliphatic hydroxyl groups is 2. The molecule has 1 saturated carbocycles. The molecule has 0 bridgehead atoms. The number of methoxy groups -OCH3 is 1. The van der Waals surface area contributed by atoms with Crippen LogP contribution in [0.4, 0.5) is 0 Å². The average molecular weight is 232 g/mol. The van der Waals surface area contributed by atoms with Crippen LogP contribution in [-0.2, 0) is 4.74 Å². The standard InChI is InChI=1S/C11H20O3S/c1-14-9-6-10(7-9,8-12)11(13)2-4-15-5-3-11/h9,12-13H,2-8H2,1H3. The topological polar surface area (TPSA) is 49.7 Å². The third kappa shape index (κ3) is 1.82. The summed E-state index contributed by atoms with van der Waals surface area (Å²) in [7, 11) is 1.70. The molecule has 88 valence electrons. The fraction of sp³-hybridized carbons (Fsp3) is 1.00. The predicted octanol–water partition coefficient (Wildman–Crippen LogP) is 1.03. The van der Waals surface area contributed by atoms with E-state index < -0.39 is 5.60 Å². The summed E-state index contributed by atoms with van der Waals surface area (Å²) in [5, 5.41) is 20.2. The first-order chi connectivity index (χ1) is 7.16. The number of hydrogen-bond donors (Lipinski definition) is 2. The van der Waals surface area contributed by atoms with Crippen LogP contribution in [0, 0.1) is 5.41 Å². The largest absolute Gasteiger partial charge is 0.396 e. The molecule has 0 aromatic carbocycles. The quantitative estimate of drug-likeness (QED) is 0.763. The van der Waals surface area contributed by atoms with Crippen molar-refractivity contribution < 1.29 is 14.9 Å². The molecule has 0 aromatic rings. The van der Waals surface area contributed by atoms with Gasteiger partial charge in [-0.2, -0.15) is 11.8 Å². The Hall–Kier alpha value is 0.230. The summed E-state index contributed by atoms with van der Waals surface area (Å²) < 4.78 is 5.25. The SMILES string of the molecule is COC1CC(CO)(C2(O)CCSCC2)C1. The van der Waals surface area contributed by atoms with Gasteiger partial charge >= 0.3 is 0 Å². The lowest BCUT2D eigenvalue weighted by atomic mass is 9.56. The van der Waals surface area contributed by atoms with Gasteiger partial charge in [-0.15, -0.1) is 0 Å². The minimum atomic E-state index is -0.651. The lowest BCUT2D eigenvalue weighted by Gasteiger charge is -2.56. The van der Waals surface area contributed by atoms with Crippen molar-refractivity contribution in [1.82, 2.24) is 0 Å². The molecule has 2 aliphatic rings. The second-order valence-electron chi connectivity index (χ2n) is 4.85. The van der Waals surface area contributed by atoms with Crippen LogP contribution in [0.25, 0.3) is 0 Å². The van der Waals surface area contributed by atoms with Crippen LogP contribution in [0.2, 0.25) is 0 Å². The van der Waals surface area contributed by atoms with Crippen LogP contribution in [0.1, 0.15) is 25.7 Å². The van der Waals surface area contributed by atoms with E-state index in [0.717, 1.165) is 37.2 Å². The van der Waals surface area contributed by atoms with Crippen LogP contribution < -0.4 is 0 Å². The van der Waals surface area contributed by atoms with E-state index in [4.69, 9.17) is 4.74 Å². The molecule has 0 unspecified atom stereocenters. The lowest BCUT2D eigenvalue weighted by molar-refractivity contribution is -0.200. The molecular formula is C11H20O3S. The van der Waals surface area contributed by atoms with Crippen molar-refractivity contribution in [3.63, 3.8) is 0 Å². The maximum atomic E-state index is 10.6. The van der Waals surface area contributed by atoms with E-state index >= 15 is 0 Å². The van der Waals surface area contributed by atoms with E-state index in [1.54, 1.807) is 7.11 Å². The third-order valence-corrected chi connectivity index (χ3v) is 5.17. The Morgan fingerprint density at radius 3 is 2.40 bits per heavy atom. The van der Waals surface area contributed by atoms with Gasteiger partial charge in [0.2, 0.25) is 0 Å². The molecule has 0 atom stereocenters. The molecule has 15 heavy (non-hydrogen) atoms. The molecule has 2 rings (SSSR count). The zero-order valence-electron chi connectivity index (χ0n) is 9.24. The number of aliphatic hydroxyl groups excluding tert-OH is 1. The molecule has 0 aromatic heterocycles. The van der Waals surface area contributed by atoms with Gasteiger partial charge in [-0.05, 0) is 37.2 Å². The fourth-order valence-corrected chi connectivity index (χ4v) is 4.04. The second kappa shape index (κ2) is 4.24. The molecule has 2 fully saturated rings. The van der Waals surface area contributed by atoms with Gasteiger partial charge in [-0.25, -0.2) is 0 Å². The zero-order valence-corrected chi connectivity index (χ0v) is 10.1. The van der Waals surface area contributed by atoms with Crippen molar-refractivity contribution in [1.29, 1.82) is 0 Å². The zero-order chi connectivity index (χ0) is 10.9. The molecular weight excluding hydrogens is 212 g/mol. The van der Waals surface area contributed by atoms with E-state index in [1.807, 2.05) is 11.8 Å². The van der Waals surface area contributed by atoms with Gasteiger partial charge in [0.05, 0.1) is 18.3 Å². The molecule has 0 radical (unpaired) electrons. The van der Waals surface area contributed by atoms with Gasteiger partial charge in [0.15, 0.2) is 0 Å². The van der Waals surface area contributed by atoms with Crippen molar-refractivity contribution in [3.8, 4) is 0 Å². The van der Waals surface area contributed by atoms with Gasteiger partial charge in [-0.3, -0.25) is 0 Å². The maximum Gasteiger partial charge on any atom is 0.0743 e. The number of hydrogen-bond acceptors (Lipinski definition) is 4. The Bertz CT molecular complexity index is 220. The van der Waals surface area contributed by atoms with Gasteiger partial charge in [0.25, 0.3) is 0 Å². The molecule has 4 heteroatoms. The Morgan fingerprint density at radius 1 is 1.33 bits per heavy atom. The molecule has 3 nitrogen and oxygen atoms in total. The first-order valence-electron chi connectivity index (χ1n) is 5.60. The van der Waals surface area contributed by atoms with Crippen LogP contribution in [0.5, 0.6) is 0 Å². The summed E-state index contributed by atoms with van der Waals surface area (Å²) in [6.45, 7) is 0.0913. The van der Waals surface area contributed by atoms with Gasteiger partial charge in [0.1, 0.15) is 0 Å². The molecule has 2 N–H and O–H groups in total. The highest BCUT2D eigenvalue weighted by Crippen LogP contribution is 2.54. The molecule has 1 aliphatic carbocycles. The van der Waals surface area contributed by atoms with Gasteiger partial charge < -0.3 is 14.9 Å². The third-order valence-electron chi connectivity index (χ3n) is 4.18. The normalized spacial score (nSPS) is 39.8. The van der Waals surface area contributed by atoms with Crippen LogP contribution in [-0.4, -0.2) is 47.1 Å². The Morgan fingerprint density at radius 2 is 1.93 bits per heavy atom. The number of ether oxygens (including phenoxy) is 1. The molecule has 1 saturated heterocycles. The monoisotopic (exact) mass is 232 g/mol. The highest BCUT2D eigenvalue weighted by atomic mass is 32.2. The molecule has 1 aliphatic heterocycles. The maximum absolute atomic E-state index is 10.6. The van der Waals surface area contributed by atoms with Gasteiger partial charge in [-0.1, -0.05) is 0 Å². The number of rotatable bonds is 3. The van der Waals surface area contributed by atoms with Crippen LogP contribution in [0.15, 0.2) is 0 Å². The minimum absolute atomic E-state index is 0.0913. The van der Waals surface area contributed by atoms with E-state index in [9.17, 15) is 10.2 Å². The summed E-state index contributed by atoms with van der Waals surface area (Å²) in [6, 6.07) is 0. The summed E-state index contributed by atoms with van der Waals surface area (Å²) in [5.41, 5.74) is -0.934. The molecule has 1 heterocycles. The fourth-order valence-electron chi connectivity index (χ4n) is 2.87.